The third-order valence-corrected chi connectivity index (χ3v) is 6.81. The lowest BCUT2D eigenvalue weighted by molar-refractivity contribution is -0.385. The van der Waals surface area contributed by atoms with Crippen molar-refractivity contribution in [2.75, 3.05) is 0 Å². The van der Waals surface area contributed by atoms with Crippen molar-refractivity contribution in [3.8, 4) is 0 Å². The molecule has 8 nitrogen and oxygen atoms in total. The molecule has 0 saturated carbocycles. The Balaban J connectivity index is 2.07. The summed E-state index contributed by atoms with van der Waals surface area (Å²) in [5.74, 6) is -2.85. The maximum absolute atomic E-state index is 14.0. The van der Waals surface area contributed by atoms with Crippen molar-refractivity contribution in [1.29, 1.82) is 0 Å². The Kier molecular flexibility index (Phi) is 3.83. The minimum atomic E-state index is -4.21. The van der Waals surface area contributed by atoms with Gasteiger partial charge in [-0.25, -0.2) is 12.8 Å². The second-order valence-electron chi connectivity index (χ2n) is 6.12. The van der Waals surface area contributed by atoms with Gasteiger partial charge in [-0.05, 0) is 32.3 Å². The highest BCUT2D eigenvalue weighted by Gasteiger charge is 2.54. The lowest BCUT2D eigenvalue weighted by atomic mass is 9.89. The molecule has 2 heterocycles. The van der Waals surface area contributed by atoms with Crippen molar-refractivity contribution in [2.45, 2.75) is 43.2 Å². The number of carboxylic acid groups (broad SMARTS) is 1. The number of nitro benzene ring substituents is 1. The van der Waals surface area contributed by atoms with Gasteiger partial charge in [-0.1, -0.05) is 0 Å². The van der Waals surface area contributed by atoms with E-state index in [1.165, 1.54) is 6.92 Å². The topological polar surface area (TPSA) is 118 Å². The molecule has 1 aromatic carbocycles. The molecule has 2 bridgehead atoms. The van der Waals surface area contributed by atoms with Crippen molar-refractivity contribution in [1.82, 2.24) is 4.31 Å². The second-order valence-corrected chi connectivity index (χ2v) is 7.96. The summed E-state index contributed by atoms with van der Waals surface area (Å²) in [7, 11) is -4.21. The Bertz CT molecular complexity index is 840. The zero-order valence-corrected chi connectivity index (χ0v) is 13.5. The van der Waals surface area contributed by atoms with Crippen molar-refractivity contribution in [3.63, 3.8) is 0 Å². The fourth-order valence-electron chi connectivity index (χ4n) is 3.68. The minimum Gasteiger partial charge on any atom is -0.481 e. The molecule has 2 fully saturated rings. The number of rotatable bonds is 4. The van der Waals surface area contributed by atoms with E-state index in [4.69, 9.17) is 0 Å². The summed E-state index contributed by atoms with van der Waals surface area (Å²) in [6, 6.07) is 0.428. The Morgan fingerprint density at radius 2 is 2.08 bits per heavy atom. The van der Waals surface area contributed by atoms with Crippen LogP contribution in [0.4, 0.5) is 10.1 Å². The highest BCUT2D eigenvalue weighted by Crippen LogP contribution is 2.45. The van der Waals surface area contributed by atoms with Gasteiger partial charge < -0.3 is 5.11 Å². The van der Waals surface area contributed by atoms with Crippen LogP contribution in [-0.4, -0.2) is 40.8 Å². The lowest BCUT2D eigenvalue weighted by Crippen LogP contribution is -2.37. The Morgan fingerprint density at radius 3 is 2.62 bits per heavy atom. The normalized spacial score (nSPS) is 26.7. The van der Waals surface area contributed by atoms with Crippen LogP contribution in [0.2, 0.25) is 0 Å². The summed E-state index contributed by atoms with van der Waals surface area (Å²) in [4.78, 5) is 20.9. The van der Waals surface area contributed by atoms with Gasteiger partial charge in [0.15, 0.2) is 0 Å². The summed E-state index contributed by atoms with van der Waals surface area (Å²) in [6.07, 6.45) is 1.15. The molecule has 3 rings (SSSR count). The quantitative estimate of drug-likeness (QED) is 0.646. The van der Waals surface area contributed by atoms with Crippen LogP contribution in [0.5, 0.6) is 0 Å². The molecule has 10 heteroatoms. The third kappa shape index (κ3) is 2.37. The lowest BCUT2D eigenvalue weighted by Gasteiger charge is -2.22. The molecule has 0 radical (unpaired) electrons. The Hall–Kier alpha value is -2.07. The minimum absolute atomic E-state index is 0.204. The van der Waals surface area contributed by atoms with Crippen LogP contribution in [0.1, 0.15) is 24.8 Å². The van der Waals surface area contributed by atoms with Crippen LogP contribution in [0, 0.1) is 28.8 Å². The van der Waals surface area contributed by atoms with Gasteiger partial charge in [0.25, 0.3) is 5.69 Å². The van der Waals surface area contributed by atoms with Gasteiger partial charge in [0.1, 0.15) is 5.82 Å². The van der Waals surface area contributed by atoms with E-state index in [9.17, 15) is 32.8 Å². The molecular formula is C14H15FN2O6S. The van der Waals surface area contributed by atoms with Crippen LogP contribution < -0.4 is 0 Å². The zero-order chi connectivity index (χ0) is 17.8. The number of carbonyl (C=O) groups is 1. The van der Waals surface area contributed by atoms with E-state index in [2.05, 4.69) is 0 Å². The van der Waals surface area contributed by atoms with Crippen LogP contribution in [0.3, 0.4) is 0 Å². The smallest absolute Gasteiger partial charge is 0.308 e. The van der Waals surface area contributed by atoms with Crippen molar-refractivity contribution in [2.24, 2.45) is 5.92 Å². The molecule has 2 saturated heterocycles. The van der Waals surface area contributed by atoms with Gasteiger partial charge in [0, 0.05) is 18.2 Å². The fraction of sp³-hybridized carbons (Fsp3) is 0.500. The molecule has 0 aliphatic carbocycles. The number of hydrogen-bond donors (Lipinski definition) is 1. The van der Waals surface area contributed by atoms with Crippen molar-refractivity contribution >= 4 is 21.7 Å². The summed E-state index contributed by atoms with van der Waals surface area (Å²) in [6.45, 7) is 1.20. The molecule has 2 aliphatic rings. The number of sulfonamides is 1. The average Bonchev–Trinajstić information content (AvgIpc) is 3.07. The predicted octanol–water partition coefficient (Wildman–Crippen LogP) is 1.67. The first-order valence-electron chi connectivity index (χ1n) is 7.35. The molecule has 3 unspecified atom stereocenters. The van der Waals surface area contributed by atoms with E-state index in [0.717, 1.165) is 16.4 Å². The number of nitrogens with zero attached hydrogens (tertiary/aromatic N) is 2. The average molecular weight is 358 g/mol. The van der Waals surface area contributed by atoms with Crippen molar-refractivity contribution in [3.05, 3.63) is 33.6 Å². The van der Waals surface area contributed by atoms with Crippen LogP contribution in [-0.2, 0) is 14.8 Å². The SMILES string of the molecule is Cc1c(F)cc(S(=O)(=O)N2C3CCC2C(C(=O)O)C3)cc1[N+](=O)[O-]. The monoisotopic (exact) mass is 358 g/mol. The van der Waals surface area contributed by atoms with E-state index >= 15 is 0 Å². The van der Waals surface area contributed by atoms with Crippen LogP contribution in [0.15, 0.2) is 17.0 Å². The first-order chi connectivity index (χ1) is 11.1. The molecule has 1 aromatic rings. The molecule has 0 amide bonds. The van der Waals surface area contributed by atoms with Crippen molar-refractivity contribution < 1.29 is 27.6 Å². The number of nitro groups is 1. The zero-order valence-electron chi connectivity index (χ0n) is 12.7. The van der Waals surface area contributed by atoms with E-state index in [-0.39, 0.29) is 12.0 Å². The Morgan fingerprint density at radius 1 is 1.42 bits per heavy atom. The molecule has 130 valence electrons. The van der Waals surface area contributed by atoms with Gasteiger partial charge in [0.2, 0.25) is 10.0 Å². The Labute approximate surface area is 137 Å². The number of fused-ring (bicyclic) bond motifs is 2. The highest BCUT2D eigenvalue weighted by atomic mass is 32.2. The van der Waals surface area contributed by atoms with E-state index in [1.807, 2.05) is 0 Å². The molecule has 0 spiro atoms. The van der Waals surface area contributed by atoms with E-state index in [1.54, 1.807) is 0 Å². The standard InChI is InChI=1S/C14H15FN2O6S/c1-7-11(15)5-9(6-13(7)17(20)21)24(22,23)16-8-2-3-12(16)10(4-8)14(18)19/h5-6,8,10,12H,2-4H2,1H3,(H,18,19). The maximum atomic E-state index is 14.0. The van der Waals surface area contributed by atoms with Gasteiger partial charge in [-0.15, -0.1) is 0 Å². The molecule has 0 aromatic heterocycles. The second kappa shape index (κ2) is 5.49. The first-order valence-corrected chi connectivity index (χ1v) is 8.79. The predicted molar refractivity (Wildman–Crippen MR) is 79.4 cm³/mol. The third-order valence-electron chi connectivity index (χ3n) is 4.85. The highest BCUT2D eigenvalue weighted by molar-refractivity contribution is 7.89. The number of halogens is 1. The van der Waals surface area contributed by atoms with E-state index < -0.39 is 55.3 Å². The number of carboxylic acids is 1. The molecule has 1 N–H and O–H groups in total. The van der Waals surface area contributed by atoms with Crippen LogP contribution in [0.25, 0.3) is 0 Å². The van der Waals surface area contributed by atoms with Gasteiger partial charge in [-0.2, -0.15) is 4.31 Å². The number of aliphatic carboxylic acids is 1. The summed E-state index contributed by atoms with van der Waals surface area (Å²) >= 11 is 0. The van der Waals surface area contributed by atoms with Gasteiger partial charge >= 0.3 is 5.97 Å². The van der Waals surface area contributed by atoms with Crippen LogP contribution >= 0.6 is 0 Å². The van der Waals surface area contributed by atoms with Gasteiger partial charge in [0.05, 0.1) is 21.3 Å². The maximum Gasteiger partial charge on any atom is 0.308 e. The molecule has 3 atom stereocenters. The summed E-state index contributed by atoms with van der Waals surface area (Å²) < 4.78 is 40.7. The molecular weight excluding hydrogens is 343 g/mol. The molecule has 2 aliphatic heterocycles. The van der Waals surface area contributed by atoms with E-state index in [0.29, 0.717) is 12.8 Å². The van der Waals surface area contributed by atoms with Gasteiger partial charge in [-0.3, -0.25) is 14.9 Å². The number of hydrogen-bond acceptors (Lipinski definition) is 5. The molecule has 24 heavy (non-hydrogen) atoms. The summed E-state index contributed by atoms with van der Waals surface area (Å²) in [5.41, 5.74) is -0.860. The first kappa shape index (κ1) is 16.8. The largest absolute Gasteiger partial charge is 0.481 e. The summed E-state index contributed by atoms with van der Waals surface area (Å²) in [5, 5.41) is 20.2. The fourth-order valence-corrected chi connectivity index (χ4v) is 5.63. The number of benzene rings is 1.